The minimum absolute atomic E-state index is 0.847. The van der Waals surface area contributed by atoms with E-state index in [1.807, 2.05) is 0 Å². The third-order valence-electron chi connectivity index (χ3n) is 1.32. The first-order valence-electron chi connectivity index (χ1n) is 3.05. The van der Waals surface area contributed by atoms with Crippen molar-refractivity contribution in [1.29, 1.82) is 0 Å². The fourth-order valence-corrected chi connectivity index (χ4v) is 0.742. The molecular weight excluding hydrogens is 177 g/mol. The smallest absolute Gasteiger partial charge is 0.418 e. The first-order chi connectivity index (χ1) is 5.41. The van der Waals surface area contributed by atoms with Crippen molar-refractivity contribution in [1.82, 2.24) is 0 Å². The number of cyclic esters (lactones) is 1. The van der Waals surface area contributed by atoms with Gasteiger partial charge in [-0.3, -0.25) is 0 Å². The molecule has 0 spiro atoms. The molecule has 1 N–H and O–H groups in total. The molecule has 0 amide bonds. The summed E-state index contributed by atoms with van der Waals surface area (Å²) in [5.41, 5.74) is 0. The van der Waals surface area contributed by atoms with Crippen LogP contribution in [0, 0.1) is 0 Å². The lowest BCUT2D eigenvalue weighted by Gasteiger charge is -2.18. The molecule has 0 fully saturated rings. The highest BCUT2D eigenvalue weighted by molar-refractivity contribution is 5.84. The zero-order valence-corrected chi connectivity index (χ0v) is 5.71. The molecule has 1 rings (SSSR count). The lowest BCUT2D eigenvalue weighted by molar-refractivity contribution is -0.225. The van der Waals surface area contributed by atoms with Crippen LogP contribution in [-0.4, -0.2) is 29.5 Å². The number of aliphatic hydroxyl groups is 1. The second kappa shape index (κ2) is 2.78. The Balaban J connectivity index is 2.61. The lowest BCUT2D eigenvalue weighted by atomic mass is 10.2. The number of esters is 1. The van der Waals surface area contributed by atoms with Crippen LogP contribution in [0.4, 0.5) is 13.2 Å². The topological polar surface area (TPSA) is 46.5 Å². The number of carbonyl (C=O) groups is 1. The molecule has 12 heavy (non-hydrogen) atoms. The second-order valence-electron chi connectivity index (χ2n) is 2.25. The molecule has 0 saturated carbocycles. The van der Waals surface area contributed by atoms with Crippen molar-refractivity contribution in [2.45, 2.75) is 18.4 Å². The van der Waals surface area contributed by atoms with Crippen LogP contribution in [0.3, 0.4) is 0 Å². The molecule has 1 heterocycles. The van der Waals surface area contributed by atoms with Crippen LogP contribution in [0.15, 0.2) is 12.2 Å². The predicted molar refractivity (Wildman–Crippen MR) is 31.1 cm³/mol. The standard InChI is InChI=1S/C6H5F3O3/c7-6(8,9)5(11)3-1-2-4(10)12-3/h1-3,5,11H/t3-,5+/m0/s1. The number of alkyl halides is 3. The first-order valence-corrected chi connectivity index (χ1v) is 3.05. The molecule has 0 unspecified atom stereocenters. The zero-order chi connectivity index (χ0) is 9.35. The van der Waals surface area contributed by atoms with E-state index in [0.717, 1.165) is 12.2 Å². The summed E-state index contributed by atoms with van der Waals surface area (Å²) in [4.78, 5) is 10.3. The van der Waals surface area contributed by atoms with E-state index >= 15 is 0 Å². The SMILES string of the molecule is O=C1C=C[C@@H]([C@@H](O)C(F)(F)F)O1. The molecule has 0 aromatic heterocycles. The minimum Gasteiger partial charge on any atom is -0.452 e. The van der Waals surface area contributed by atoms with E-state index in [1.54, 1.807) is 0 Å². The summed E-state index contributed by atoms with van der Waals surface area (Å²) >= 11 is 0. The van der Waals surface area contributed by atoms with E-state index in [4.69, 9.17) is 5.11 Å². The fraction of sp³-hybridized carbons (Fsp3) is 0.500. The third-order valence-corrected chi connectivity index (χ3v) is 1.32. The molecule has 6 heteroatoms. The van der Waals surface area contributed by atoms with Crippen molar-refractivity contribution in [3.63, 3.8) is 0 Å². The molecular formula is C6H5F3O3. The lowest BCUT2D eigenvalue weighted by Crippen LogP contribution is -2.39. The van der Waals surface area contributed by atoms with Crippen LogP contribution in [-0.2, 0) is 9.53 Å². The summed E-state index contributed by atoms with van der Waals surface area (Å²) in [5, 5.41) is 8.55. The molecule has 0 aliphatic carbocycles. The Hall–Kier alpha value is -1.04. The van der Waals surface area contributed by atoms with Crippen molar-refractivity contribution in [3.05, 3.63) is 12.2 Å². The molecule has 0 saturated heterocycles. The van der Waals surface area contributed by atoms with E-state index in [1.165, 1.54) is 0 Å². The molecule has 0 bridgehead atoms. The average Bonchev–Trinajstić information content (AvgIpc) is 2.32. The highest BCUT2D eigenvalue weighted by atomic mass is 19.4. The van der Waals surface area contributed by atoms with Crippen molar-refractivity contribution in [2.75, 3.05) is 0 Å². The van der Waals surface area contributed by atoms with Gasteiger partial charge in [0.15, 0.2) is 12.2 Å². The highest BCUT2D eigenvalue weighted by Crippen LogP contribution is 2.26. The molecule has 68 valence electrons. The Kier molecular flexibility index (Phi) is 2.10. The highest BCUT2D eigenvalue weighted by Gasteiger charge is 2.45. The Morgan fingerprint density at radius 1 is 1.58 bits per heavy atom. The normalized spacial score (nSPS) is 25.7. The molecule has 1 aliphatic rings. The number of ether oxygens (including phenoxy) is 1. The Bertz CT molecular complexity index is 221. The van der Waals surface area contributed by atoms with Gasteiger partial charge < -0.3 is 9.84 Å². The fourth-order valence-electron chi connectivity index (χ4n) is 0.742. The summed E-state index contributed by atoms with van der Waals surface area (Å²) in [7, 11) is 0. The van der Waals surface area contributed by atoms with Gasteiger partial charge in [0.1, 0.15) is 0 Å². The largest absolute Gasteiger partial charge is 0.452 e. The predicted octanol–water partition coefficient (Wildman–Crippen LogP) is 0.391. The Morgan fingerprint density at radius 2 is 2.17 bits per heavy atom. The average molecular weight is 182 g/mol. The summed E-state index contributed by atoms with van der Waals surface area (Å²) < 4.78 is 39.4. The van der Waals surface area contributed by atoms with Crippen LogP contribution < -0.4 is 0 Å². The van der Waals surface area contributed by atoms with Crippen molar-refractivity contribution < 1.29 is 27.8 Å². The van der Waals surface area contributed by atoms with Crippen LogP contribution in [0.1, 0.15) is 0 Å². The van der Waals surface area contributed by atoms with Crippen LogP contribution in [0.5, 0.6) is 0 Å². The number of rotatable bonds is 1. The van der Waals surface area contributed by atoms with Gasteiger partial charge in [0.25, 0.3) is 0 Å². The van der Waals surface area contributed by atoms with Crippen LogP contribution >= 0.6 is 0 Å². The van der Waals surface area contributed by atoms with Gasteiger partial charge in [-0.2, -0.15) is 13.2 Å². The molecule has 2 atom stereocenters. The Labute approximate surface area is 65.4 Å². The monoisotopic (exact) mass is 182 g/mol. The third kappa shape index (κ3) is 1.76. The van der Waals surface area contributed by atoms with Gasteiger partial charge in [-0.1, -0.05) is 0 Å². The van der Waals surface area contributed by atoms with E-state index in [-0.39, 0.29) is 0 Å². The van der Waals surface area contributed by atoms with Crippen LogP contribution in [0.2, 0.25) is 0 Å². The van der Waals surface area contributed by atoms with E-state index in [0.29, 0.717) is 0 Å². The number of halogens is 3. The van der Waals surface area contributed by atoms with Gasteiger partial charge in [-0.15, -0.1) is 0 Å². The van der Waals surface area contributed by atoms with Gasteiger partial charge in [0.2, 0.25) is 0 Å². The summed E-state index contributed by atoms with van der Waals surface area (Å²) in [6.07, 6.45) is -7.28. The number of aliphatic hydroxyl groups excluding tert-OH is 1. The molecule has 0 aromatic rings. The van der Waals surface area contributed by atoms with Gasteiger partial charge in [-0.25, -0.2) is 4.79 Å². The summed E-state index contributed by atoms with van der Waals surface area (Å²) in [6.45, 7) is 0. The maximum atomic E-state index is 11.8. The van der Waals surface area contributed by atoms with Crippen molar-refractivity contribution >= 4 is 5.97 Å². The van der Waals surface area contributed by atoms with Gasteiger partial charge in [-0.05, 0) is 6.08 Å². The quantitative estimate of drug-likeness (QED) is 0.596. The zero-order valence-electron chi connectivity index (χ0n) is 5.71. The van der Waals surface area contributed by atoms with E-state index < -0.39 is 24.4 Å². The van der Waals surface area contributed by atoms with Gasteiger partial charge in [0.05, 0.1) is 0 Å². The molecule has 3 nitrogen and oxygen atoms in total. The number of hydrogen-bond acceptors (Lipinski definition) is 3. The van der Waals surface area contributed by atoms with Crippen molar-refractivity contribution in [2.24, 2.45) is 0 Å². The molecule has 1 aliphatic heterocycles. The second-order valence-corrected chi connectivity index (χ2v) is 2.25. The summed E-state index contributed by atoms with van der Waals surface area (Å²) in [6, 6.07) is 0. The minimum atomic E-state index is -4.76. The van der Waals surface area contributed by atoms with Gasteiger partial charge >= 0.3 is 12.1 Å². The van der Waals surface area contributed by atoms with Gasteiger partial charge in [0, 0.05) is 6.08 Å². The van der Waals surface area contributed by atoms with Crippen LogP contribution in [0.25, 0.3) is 0 Å². The number of carbonyl (C=O) groups excluding carboxylic acids is 1. The molecule has 0 aromatic carbocycles. The number of hydrogen-bond donors (Lipinski definition) is 1. The maximum Gasteiger partial charge on any atom is 0.418 e. The van der Waals surface area contributed by atoms with E-state index in [2.05, 4.69) is 4.74 Å². The maximum absolute atomic E-state index is 11.8. The first kappa shape index (κ1) is 9.05. The van der Waals surface area contributed by atoms with Crippen molar-refractivity contribution in [3.8, 4) is 0 Å². The summed E-state index contributed by atoms with van der Waals surface area (Å²) in [5.74, 6) is -0.872. The molecule has 0 radical (unpaired) electrons. The Morgan fingerprint density at radius 3 is 2.50 bits per heavy atom. The van der Waals surface area contributed by atoms with E-state index in [9.17, 15) is 18.0 Å².